The van der Waals surface area contributed by atoms with Gasteiger partial charge in [-0.15, -0.1) is 0 Å². The SMILES string of the molecule is O=C(NCC1CC2C=CC1C2)Oc1ccc(Cl)cc1Cl. The molecule has 0 heterocycles. The number of hydrogen-bond acceptors (Lipinski definition) is 2. The van der Waals surface area contributed by atoms with Gasteiger partial charge in [0.15, 0.2) is 5.75 Å². The van der Waals surface area contributed by atoms with E-state index in [0.717, 1.165) is 6.42 Å². The first kappa shape index (κ1) is 13.8. The van der Waals surface area contributed by atoms with Gasteiger partial charge in [0, 0.05) is 11.6 Å². The topological polar surface area (TPSA) is 38.3 Å². The molecule has 20 heavy (non-hydrogen) atoms. The van der Waals surface area contributed by atoms with Gasteiger partial charge in [0.25, 0.3) is 0 Å². The first-order valence-electron chi connectivity index (χ1n) is 6.71. The van der Waals surface area contributed by atoms with Crippen LogP contribution in [-0.2, 0) is 0 Å². The molecule has 1 aromatic carbocycles. The van der Waals surface area contributed by atoms with Crippen molar-refractivity contribution in [3.63, 3.8) is 0 Å². The highest BCUT2D eigenvalue weighted by atomic mass is 35.5. The lowest BCUT2D eigenvalue weighted by molar-refractivity contribution is 0.197. The van der Waals surface area contributed by atoms with Crippen molar-refractivity contribution in [2.45, 2.75) is 12.8 Å². The molecule has 0 saturated heterocycles. The molecular formula is C15H15Cl2NO2. The van der Waals surface area contributed by atoms with E-state index in [1.54, 1.807) is 18.2 Å². The van der Waals surface area contributed by atoms with E-state index in [0.29, 0.717) is 40.1 Å². The largest absolute Gasteiger partial charge is 0.412 e. The van der Waals surface area contributed by atoms with Crippen LogP contribution in [0.15, 0.2) is 30.4 Å². The van der Waals surface area contributed by atoms with Crippen LogP contribution >= 0.6 is 23.2 Å². The standard InChI is InChI=1S/C15H15Cl2NO2/c16-12-3-4-14(13(17)7-12)20-15(19)18-8-11-6-9-1-2-10(11)5-9/h1-4,7,9-11H,5-6,8H2,(H,18,19). The van der Waals surface area contributed by atoms with E-state index in [2.05, 4.69) is 17.5 Å². The van der Waals surface area contributed by atoms with E-state index in [-0.39, 0.29) is 0 Å². The smallest absolute Gasteiger partial charge is 0.409 e. The third-order valence-electron chi connectivity index (χ3n) is 4.02. The summed E-state index contributed by atoms with van der Waals surface area (Å²) in [5, 5.41) is 3.65. The van der Waals surface area contributed by atoms with Crippen LogP contribution in [0, 0.1) is 17.8 Å². The first-order valence-corrected chi connectivity index (χ1v) is 7.46. The minimum absolute atomic E-state index is 0.321. The molecule has 106 valence electrons. The van der Waals surface area contributed by atoms with E-state index >= 15 is 0 Å². The maximum absolute atomic E-state index is 11.8. The molecule has 0 spiro atoms. The van der Waals surface area contributed by atoms with E-state index in [9.17, 15) is 4.79 Å². The molecule has 1 amide bonds. The summed E-state index contributed by atoms with van der Waals surface area (Å²) in [7, 11) is 0. The van der Waals surface area contributed by atoms with Crippen LogP contribution in [0.4, 0.5) is 4.79 Å². The highest BCUT2D eigenvalue weighted by molar-refractivity contribution is 6.35. The molecule has 3 nitrogen and oxygen atoms in total. The lowest BCUT2D eigenvalue weighted by Gasteiger charge is -2.18. The molecule has 5 heteroatoms. The normalized spacial score (nSPS) is 26.8. The van der Waals surface area contributed by atoms with Gasteiger partial charge in [-0.25, -0.2) is 4.79 Å². The average molecular weight is 312 g/mol. The molecule has 3 unspecified atom stereocenters. The van der Waals surface area contributed by atoms with E-state index < -0.39 is 6.09 Å². The molecule has 1 N–H and O–H groups in total. The maximum Gasteiger partial charge on any atom is 0.412 e. The fourth-order valence-electron chi connectivity index (χ4n) is 3.04. The fourth-order valence-corrected chi connectivity index (χ4v) is 3.48. The second-order valence-electron chi connectivity index (χ2n) is 5.39. The van der Waals surface area contributed by atoms with Crippen LogP contribution in [0.2, 0.25) is 10.0 Å². The Bertz CT molecular complexity index is 559. The van der Waals surface area contributed by atoms with Crippen molar-refractivity contribution in [2.75, 3.05) is 6.54 Å². The Morgan fingerprint density at radius 3 is 2.80 bits per heavy atom. The fraction of sp³-hybridized carbons (Fsp3) is 0.400. The van der Waals surface area contributed by atoms with Crippen molar-refractivity contribution in [3.8, 4) is 5.75 Å². The number of carbonyl (C=O) groups excluding carboxylic acids is 1. The number of benzene rings is 1. The highest BCUT2D eigenvalue weighted by Crippen LogP contribution is 2.42. The minimum Gasteiger partial charge on any atom is -0.409 e. The molecule has 0 aliphatic heterocycles. The lowest BCUT2D eigenvalue weighted by Crippen LogP contribution is -2.33. The number of allylic oxidation sites excluding steroid dienone is 2. The Balaban J connectivity index is 1.51. The van der Waals surface area contributed by atoms with E-state index in [1.807, 2.05) is 0 Å². The minimum atomic E-state index is -0.471. The van der Waals surface area contributed by atoms with Gasteiger partial charge in [-0.05, 0) is 48.8 Å². The van der Waals surface area contributed by atoms with Gasteiger partial charge in [-0.2, -0.15) is 0 Å². The molecule has 3 rings (SSSR count). The van der Waals surface area contributed by atoms with Crippen LogP contribution in [0.3, 0.4) is 0 Å². The van der Waals surface area contributed by atoms with Gasteiger partial charge < -0.3 is 10.1 Å². The summed E-state index contributed by atoms with van der Waals surface area (Å²) in [5.41, 5.74) is 0. The van der Waals surface area contributed by atoms with Crippen LogP contribution in [0.1, 0.15) is 12.8 Å². The highest BCUT2D eigenvalue weighted by Gasteiger charge is 2.35. The number of fused-ring (bicyclic) bond motifs is 2. The Labute approximate surface area is 127 Å². The molecule has 2 aliphatic rings. The monoisotopic (exact) mass is 311 g/mol. The van der Waals surface area contributed by atoms with E-state index in [4.69, 9.17) is 27.9 Å². The third-order valence-corrected chi connectivity index (χ3v) is 4.55. The van der Waals surface area contributed by atoms with Gasteiger partial charge in [0.05, 0.1) is 5.02 Å². The maximum atomic E-state index is 11.8. The quantitative estimate of drug-likeness (QED) is 0.845. The summed E-state index contributed by atoms with van der Waals surface area (Å²) < 4.78 is 5.18. The summed E-state index contributed by atoms with van der Waals surface area (Å²) in [6.45, 7) is 0.648. The molecule has 1 aromatic rings. The third kappa shape index (κ3) is 2.94. The predicted octanol–water partition coefficient (Wildman–Crippen LogP) is 4.29. The van der Waals surface area contributed by atoms with Crippen LogP contribution in [0.25, 0.3) is 0 Å². The van der Waals surface area contributed by atoms with Crippen molar-refractivity contribution in [3.05, 3.63) is 40.4 Å². The second-order valence-corrected chi connectivity index (χ2v) is 6.23. The molecule has 1 fully saturated rings. The molecule has 2 bridgehead atoms. The number of ether oxygens (including phenoxy) is 1. The Morgan fingerprint density at radius 2 is 2.15 bits per heavy atom. The Kier molecular flexibility index (Phi) is 3.90. The van der Waals surface area contributed by atoms with Crippen molar-refractivity contribution in [1.82, 2.24) is 5.32 Å². The molecular weight excluding hydrogens is 297 g/mol. The van der Waals surface area contributed by atoms with Crippen molar-refractivity contribution >= 4 is 29.3 Å². The number of amides is 1. The van der Waals surface area contributed by atoms with Crippen LogP contribution < -0.4 is 10.1 Å². The number of carbonyl (C=O) groups is 1. The summed E-state index contributed by atoms with van der Waals surface area (Å²) in [4.78, 5) is 11.8. The predicted molar refractivity (Wildman–Crippen MR) is 79.3 cm³/mol. The van der Waals surface area contributed by atoms with Gasteiger partial charge in [0.2, 0.25) is 0 Å². The van der Waals surface area contributed by atoms with Crippen molar-refractivity contribution in [1.29, 1.82) is 0 Å². The summed E-state index contributed by atoms with van der Waals surface area (Å²) in [6.07, 6.45) is 6.46. The number of hydrogen-bond donors (Lipinski definition) is 1. The molecule has 1 saturated carbocycles. The Hall–Kier alpha value is -1.19. The summed E-state index contributed by atoms with van der Waals surface area (Å²) in [6, 6.07) is 4.77. The molecule has 3 atom stereocenters. The van der Waals surface area contributed by atoms with E-state index in [1.165, 1.54) is 6.42 Å². The van der Waals surface area contributed by atoms with Crippen LogP contribution in [-0.4, -0.2) is 12.6 Å². The van der Waals surface area contributed by atoms with Crippen molar-refractivity contribution in [2.24, 2.45) is 17.8 Å². The molecule has 0 aromatic heterocycles. The zero-order valence-corrected chi connectivity index (χ0v) is 12.3. The number of nitrogens with one attached hydrogen (secondary N) is 1. The number of rotatable bonds is 3. The summed E-state index contributed by atoms with van der Waals surface area (Å²) >= 11 is 11.7. The Morgan fingerprint density at radius 1 is 1.30 bits per heavy atom. The molecule has 2 aliphatic carbocycles. The zero-order valence-electron chi connectivity index (χ0n) is 10.8. The van der Waals surface area contributed by atoms with Gasteiger partial charge >= 0.3 is 6.09 Å². The average Bonchev–Trinajstić information content (AvgIpc) is 3.02. The van der Waals surface area contributed by atoms with Crippen LogP contribution in [0.5, 0.6) is 5.75 Å². The van der Waals surface area contributed by atoms with Crippen molar-refractivity contribution < 1.29 is 9.53 Å². The second kappa shape index (κ2) is 5.66. The zero-order chi connectivity index (χ0) is 14.1. The summed E-state index contributed by atoms with van der Waals surface area (Å²) in [5.74, 6) is 2.16. The molecule has 0 radical (unpaired) electrons. The van der Waals surface area contributed by atoms with Gasteiger partial charge in [0.1, 0.15) is 0 Å². The lowest BCUT2D eigenvalue weighted by atomic mass is 9.94. The van der Waals surface area contributed by atoms with Gasteiger partial charge in [-0.3, -0.25) is 0 Å². The van der Waals surface area contributed by atoms with Gasteiger partial charge in [-0.1, -0.05) is 35.4 Å². The first-order chi connectivity index (χ1) is 9.61. The number of halogens is 2.